The van der Waals surface area contributed by atoms with Crippen molar-refractivity contribution in [3.63, 3.8) is 0 Å². The Balaban J connectivity index is 2.43. The standard InChI is InChI=1S/C17H19F2O5PS/c1-4-9-22-17(20)14-10-12-13(26-14)8-7-11(15(12)18)16(19)25(21,23-5-2)24-6-3/h4,7-8,10,16H,1,5-6,9H2,2-3H3. The Labute approximate surface area is 154 Å². The van der Waals surface area contributed by atoms with Crippen molar-refractivity contribution >= 4 is 35.0 Å². The zero-order chi connectivity index (χ0) is 19.3. The molecule has 0 bridgehead atoms. The lowest BCUT2D eigenvalue weighted by Crippen LogP contribution is -2.05. The van der Waals surface area contributed by atoms with Gasteiger partial charge in [-0.15, -0.1) is 11.3 Å². The summed E-state index contributed by atoms with van der Waals surface area (Å²) in [5.41, 5.74) is -0.438. The Morgan fingerprint density at radius 3 is 2.58 bits per heavy atom. The van der Waals surface area contributed by atoms with Gasteiger partial charge in [0.1, 0.15) is 17.3 Å². The van der Waals surface area contributed by atoms with Gasteiger partial charge in [-0.2, -0.15) is 0 Å². The maximum absolute atomic E-state index is 14.8. The normalized spacial score (nSPS) is 12.9. The molecule has 1 heterocycles. The first-order valence-corrected chi connectivity index (χ1v) is 10.3. The number of esters is 1. The van der Waals surface area contributed by atoms with E-state index in [-0.39, 0.29) is 30.1 Å². The molecule has 0 spiro atoms. The number of hydrogen-bond donors (Lipinski definition) is 0. The molecule has 0 radical (unpaired) electrons. The lowest BCUT2D eigenvalue weighted by molar-refractivity contribution is 0.0555. The number of carbonyl (C=O) groups excluding carboxylic acids is 1. The van der Waals surface area contributed by atoms with Crippen molar-refractivity contribution in [1.82, 2.24) is 0 Å². The molecule has 1 atom stereocenters. The molecule has 1 aromatic heterocycles. The van der Waals surface area contributed by atoms with Crippen LogP contribution >= 0.6 is 18.9 Å². The first kappa shape index (κ1) is 20.7. The van der Waals surface area contributed by atoms with Gasteiger partial charge in [-0.25, -0.2) is 13.6 Å². The maximum atomic E-state index is 14.8. The second kappa shape index (κ2) is 8.86. The van der Waals surface area contributed by atoms with E-state index in [9.17, 15) is 18.1 Å². The number of ether oxygens (including phenoxy) is 1. The monoisotopic (exact) mass is 404 g/mol. The third-order valence-electron chi connectivity index (χ3n) is 3.35. The lowest BCUT2D eigenvalue weighted by atomic mass is 10.1. The van der Waals surface area contributed by atoms with Crippen molar-refractivity contribution in [1.29, 1.82) is 0 Å². The fraction of sp³-hybridized carbons (Fsp3) is 0.353. The molecule has 0 saturated heterocycles. The molecule has 2 aromatic rings. The van der Waals surface area contributed by atoms with Gasteiger partial charge < -0.3 is 13.8 Å². The minimum absolute atomic E-state index is 0.0270. The molecule has 0 N–H and O–H groups in total. The number of hydrogen-bond acceptors (Lipinski definition) is 6. The minimum atomic E-state index is -4.17. The van der Waals surface area contributed by atoms with Crippen LogP contribution in [0.4, 0.5) is 8.78 Å². The molecule has 5 nitrogen and oxygen atoms in total. The Morgan fingerprint density at radius 1 is 1.35 bits per heavy atom. The second-order valence-electron chi connectivity index (χ2n) is 5.09. The largest absolute Gasteiger partial charge is 0.457 e. The molecule has 0 aliphatic heterocycles. The average Bonchev–Trinajstić information content (AvgIpc) is 3.05. The van der Waals surface area contributed by atoms with Crippen molar-refractivity contribution in [3.8, 4) is 0 Å². The Bertz CT molecular complexity index is 841. The van der Waals surface area contributed by atoms with Crippen molar-refractivity contribution in [2.24, 2.45) is 0 Å². The van der Waals surface area contributed by atoms with Gasteiger partial charge in [0.2, 0.25) is 5.91 Å². The van der Waals surface area contributed by atoms with Gasteiger partial charge >= 0.3 is 13.6 Å². The number of thiophene rings is 1. The van der Waals surface area contributed by atoms with E-state index in [0.29, 0.717) is 4.70 Å². The number of benzene rings is 1. The van der Waals surface area contributed by atoms with Gasteiger partial charge in [0.05, 0.1) is 13.2 Å². The molecule has 9 heteroatoms. The molecule has 1 unspecified atom stereocenters. The van der Waals surface area contributed by atoms with E-state index in [1.165, 1.54) is 38.1 Å². The molecule has 0 fully saturated rings. The summed E-state index contributed by atoms with van der Waals surface area (Å²) in [6.45, 7) is 6.46. The molecule has 26 heavy (non-hydrogen) atoms. The van der Waals surface area contributed by atoms with E-state index in [4.69, 9.17) is 13.8 Å². The van der Waals surface area contributed by atoms with Crippen molar-refractivity contribution < 1.29 is 31.9 Å². The summed E-state index contributed by atoms with van der Waals surface area (Å²) in [4.78, 5) is 12.1. The van der Waals surface area contributed by atoms with E-state index >= 15 is 0 Å². The number of fused-ring (bicyclic) bond motifs is 1. The van der Waals surface area contributed by atoms with Gasteiger partial charge in [-0.05, 0) is 26.0 Å². The molecule has 0 aliphatic rings. The van der Waals surface area contributed by atoms with E-state index in [2.05, 4.69) is 6.58 Å². The highest BCUT2D eigenvalue weighted by Gasteiger charge is 2.39. The predicted octanol–water partition coefficient (Wildman–Crippen LogP) is 5.62. The van der Waals surface area contributed by atoms with Crippen LogP contribution in [0.1, 0.15) is 35.0 Å². The first-order chi connectivity index (χ1) is 12.4. The number of carbonyl (C=O) groups is 1. The van der Waals surface area contributed by atoms with Gasteiger partial charge in [0.15, 0.2) is 0 Å². The van der Waals surface area contributed by atoms with Crippen LogP contribution in [0, 0.1) is 5.82 Å². The summed E-state index contributed by atoms with van der Waals surface area (Å²) >= 11 is 1.02. The first-order valence-electron chi connectivity index (χ1n) is 7.90. The zero-order valence-electron chi connectivity index (χ0n) is 14.4. The quantitative estimate of drug-likeness (QED) is 0.309. The summed E-state index contributed by atoms with van der Waals surface area (Å²) in [5, 5.41) is 0.0419. The summed E-state index contributed by atoms with van der Waals surface area (Å²) < 4.78 is 57.5. The van der Waals surface area contributed by atoms with Crippen LogP contribution in [0.3, 0.4) is 0 Å². The Morgan fingerprint density at radius 2 is 2.00 bits per heavy atom. The predicted molar refractivity (Wildman–Crippen MR) is 97.0 cm³/mol. The molecule has 142 valence electrons. The zero-order valence-corrected chi connectivity index (χ0v) is 16.1. The molecule has 0 aliphatic carbocycles. The van der Waals surface area contributed by atoms with Gasteiger partial charge in [-0.1, -0.05) is 18.7 Å². The maximum Gasteiger partial charge on any atom is 0.369 e. The van der Waals surface area contributed by atoms with Crippen LogP contribution in [0.5, 0.6) is 0 Å². The average molecular weight is 404 g/mol. The summed E-state index contributed by atoms with van der Waals surface area (Å²) in [6.07, 6.45) is 1.41. The van der Waals surface area contributed by atoms with Crippen molar-refractivity contribution in [3.05, 3.63) is 47.1 Å². The van der Waals surface area contributed by atoms with E-state index < -0.39 is 30.9 Å². The fourth-order valence-corrected chi connectivity index (χ4v) is 4.83. The van der Waals surface area contributed by atoms with Crippen molar-refractivity contribution in [2.75, 3.05) is 19.8 Å². The third-order valence-corrected chi connectivity index (χ3v) is 6.50. The number of halogens is 2. The van der Waals surface area contributed by atoms with Gasteiger partial charge in [0.25, 0.3) is 0 Å². The van der Waals surface area contributed by atoms with E-state index in [0.717, 1.165) is 11.3 Å². The highest BCUT2D eigenvalue weighted by molar-refractivity contribution is 7.54. The molecular formula is C17H19F2O5PS. The van der Waals surface area contributed by atoms with E-state index in [1.807, 2.05) is 0 Å². The Hall–Kier alpha value is -1.60. The smallest absolute Gasteiger partial charge is 0.369 e. The Kier molecular flexibility index (Phi) is 7.06. The third kappa shape index (κ3) is 4.20. The van der Waals surface area contributed by atoms with Crippen LogP contribution in [0.25, 0.3) is 10.1 Å². The summed E-state index contributed by atoms with van der Waals surface area (Å²) in [5.74, 6) is -3.81. The van der Waals surface area contributed by atoms with Crippen molar-refractivity contribution in [2.45, 2.75) is 19.8 Å². The summed E-state index contributed by atoms with van der Waals surface area (Å²) in [6, 6.07) is 3.92. The highest BCUT2D eigenvalue weighted by atomic mass is 32.1. The van der Waals surface area contributed by atoms with Crippen LogP contribution in [0.2, 0.25) is 0 Å². The van der Waals surface area contributed by atoms with Crippen LogP contribution in [-0.2, 0) is 18.3 Å². The molecule has 0 amide bonds. The van der Waals surface area contributed by atoms with Crippen LogP contribution in [-0.4, -0.2) is 25.8 Å². The SMILES string of the molecule is C=CCOC(=O)c1cc2c(F)c(C(F)P(=O)(OCC)OCC)ccc2s1. The molecular weight excluding hydrogens is 385 g/mol. The molecule has 1 aromatic carbocycles. The fourth-order valence-electron chi connectivity index (χ4n) is 2.28. The van der Waals surface area contributed by atoms with E-state index in [1.54, 1.807) is 0 Å². The second-order valence-corrected chi connectivity index (χ2v) is 8.22. The number of alkyl halides is 1. The molecule has 2 rings (SSSR count). The highest BCUT2D eigenvalue weighted by Crippen LogP contribution is 2.62. The lowest BCUT2D eigenvalue weighted by Gasteiger charge is -2.21. The number of rotatable bonds is 9. The summed E-state index contributed by atoms with van der Waals surface area (Å²) in [7, 11) is -4.17. The minimum Gasteiger partial charge on any atom is -0.457 e. The van der Waals surface area contributed by atoms with Crippen LogP contribution < -0.4 is 0 Å². The van der Waals surface area contributed by atoms with Crippen LogP contribution in [0.15, 0.2) is 30.9 Å². The van der Waals surface area contributed by atoms with Gasteiger partial charge in [-0.3, -0.25) is 4.57 Å². The van der Waals surface area contributed by atoms with Gasteiger partial charge in [0, 0.05) is 15.6 Å². The topological polar surface area (TPSA) is 61.8 Å². The molecule has 0 saturated carbocycles.